The number of nitrogens with one attached hydrogen (secondary N) is 1. The average Bonchev–Trinajstić information content (AvgIpc) is 2.61. The van der Waals surface area contributed by atoms with Crippen LogP contribution in [0.4, 0.5) is 11.4 Å². The lowest BCUT2D eigenvalue weighted by atomic mass is 10.2. The van der Waals surface area contributed by atoms with Crippen LogP contribution < -0.4 is 19.9 Å². The third-order valence-corrected chi connectivity index (χ3v) is 4.90. The van der Waals surface area contributed by atoms with Gasteiger partial charge in [0.2, 0.25) is 0 Å². The molecule has 8 nitrogen and oxygen atoms in total. The largest absolute Gasteiger partial charge is 0.493 e. The van der Waals surface area contributed by atoms with Gasteiger partial charge in [0.05, 0.1) is 24.6 Å². The number of hydrogen-bond donors (Lipinski definition) is 2. The predicted octanol–water partition coefficient (Wildman–Crippen LogP) is 2.03. The zero-order chi connectivity index (χ0) is 18.0. The Morgan fingerprint density at radius 1 is 1.04 bits per heavy atom. The fourth-order valence-electron chi connectivity index (χ4n) is 2.36. The fourth-order valence-corrected chi connectivity index (χ4v) is 3.43. The lowest BCUT2D eigenvalue weighted by molar-refractivity contribution is 0.357. The first-order valence-electron chi connectivity index (χ1n) is 7.20. The molecule has 0 aliphatic heterocycles. The smallest absolute Gasteiger partial charge is 0.262 e. The van der Waals surface area contributed by atoms with Gasteiger partial charge < -0.3 is 15.2 Å². The summed E-state index contributed by atoms with van der Waals surface area (Å²) in [4.78, 5) is 8.46. The molecule has 1 aromatic heterocycles. The molecular formula is C16H16N4O4S. The second kappa shape index (κ2) is 6.44. The normalized spacial score (nSPS) is 11.3. The Bertz CT molecular complexity index is 1020. The van der Waals surface area contributed by atoms with Crippen LogP contribution in [-0.4, -0.2) is 32.6 Å². The molecule has 0 spiro atoms. The maximum absolute atomic E-state index is 12.7. The summed E-state index contributed by atoms with van der Waals surface area (Å²) in [5, 5.41) is 0. The molecule has 2 aromatic carbocycles. The molecule has 1 heterocycles. The summed E-state index contributed by atoms with van der Waals surface area (Å²) in [6.07, 6.45) is 2.97. The number of aromatic nitrogens is 2. The Kier molecular flexibility index (Phi) is 4.32. The van der Waals surface area contributed by atoms with Gasteiger partial charge in [-0.1, -0.05) is 0 Å². The minimum Gasteiger partial charge on any atom is -0.493 e. The molecule has 0 saturated heterocycles. The number of nitrogens with zero attached hydrogens (tertiary/aromatic N) is 2. The van der Waals surface area contributed by atoms with Crippen molar-refractivity contribution in [3.8, 4) is 11.5 Å². The number of nitrogen functional groups attached to an aromatic ring is 1. The van der Waals surface area contributed by atoms with E-state index in [4.69, 9.17) is 15.2 Å². The van der Waals surface area contributed by atoms with Gasteiger partial charge in [0, 0.05) is 24.1 Å². The van der Waals surface area contributed by atoms with Crippen LogP contribution in [-0.2, 0) is 10.0 Å². The summed E-state index contributed by atoms with van der Waals surface area (Å²) >= 11 is 0. The molecule has 0 fully saturated rings. The van der Waals surface area contributed by atoms with Crippen LogP contribution in [0.15, 0.2) is 47.6 Å². The van der Waals surface area contributed by atoms with Gasteiger partial charge in [-0.05, 0) is 24.3 Å². The first-order valence-corrected chi connectivity index (χ1v) is 8.68. The van der Waals surface area contributed by atoms with Crippen molar-refractivity contribution in [1.82, 2.24) is 9.97 Å². The number of hydrogen-bond acceptors (Lipinski definition) is 7. The lowest BCUT2D eigenvalue weighted by Gasteiger charge is -2.16. The number of sulfonamides is 1. The molecule has 9 heteroatoms. The maximum atomic E-state index is 12.7. The van der Waals surface area contributed by atoms with Crippen LogP contribution in [0, 0.1) is 0 Å². The molecule has 3 aromatic rings. The molecule has 3 rings (SSSR count). The van der Waals surface area contributed by atoms with E-state index in [2.05, 4.69) is 14.7 Å². The van der Waals surface area contributed by atoms with E-state index in [1.54, 1.807) is 6.07 Å². The van der Waals surface area contributed by atoms with Crippen LogP contribution in [0.25, 0.3) is 11.0 Å². The zero-order valence-corrected chi connectivity index (χ0v) is 14.4. The summed E-state index contributed by atoms with van der Waals surface area (Å²) < 4.78 is 38.6. The van der Waals surface area contributed by atoms with Crippen molar-refractivity contribution >= 4 is 32.4 Å². The zero-order valence-electron chi connectivity index (χ0n) is 13.6. The maximum Gasteiger partial charge on any atom is 0.262 e. The lowest BCUT2D eigenvalue weighted by Crippen LogP contribution is -2.14. The van der Waals surface area contributed by atoms with Crippen molar-refractivity contribution < 1.29 is 17.9 Å². The predicted molar refractivity (Wildman–Crippen MR) is 94.3 cm³/mol. The average molecular weight is 360 g/mol. The van der Waals surface area contributed by atoms with Crippen molar-refractivity contribution in [2.24, 2.45) is 0 Å². The Balaban J connectivity index is 2.18. The van der Waals surface area contributed by atoms with Gasteiger partial charge in [-0.3, -0.25) is 14.7 Å². The molecule has 0 radical (unpaired) electrons. The molecule has 0 amide bonds. The van der Waals surface area contributed by atoms with Crippen molar-refractivity contribution in [3.05, 3.63) is 42.7 Å². The van der Waals surface area contributed by atoms with Crippen LogP contribution in [0.3, 0.4) is 0 Å². The van der Waals surface area contributed by atoms with Gasteiger partial charge in [0.15, 0.2) is 11.5 Å². The minimum atomic E-state index is -3.89. The molecule has 0 atom stereocenters. The molecule has 3 N–H and O–H groups in total. The number of benzene rings is 2. The third-order valence-electron chi connectivity index (χ3n) is 3.53. The Hall–Kier alpha value is -3.07. The van der Waals surface area contributed by atoms with Gasteiger partial charge in [0.25, 0.3) is 10.0 Å². The Morgan fingerprint density at radius 3 is 2.36 bits per heavy atom. The highest BCUT2D eigenvalue weighted by molar-refractivity contribution is 7.92. The molecular weight excluding hydrogens is 344 g/mol. The highest BCUT2D eigenvalue weighted by Gasteiger charge is 2.22. The van der Waals surface area contributed by atoms with E-state index in [0.717, 1.165) is 0 Å². The van der Waals surface area contributed by atoms with E-state index >= 15 is 0 Å². The van der Waals surface area contributed by atoms with Crippen LogP contribution in [0.2, 0.25) is 0 Å². The van der Waals surface area contributed by atoms with Crippen LogP contribution in [0.1, 0.15) is 0 Å². The van der Waals surface area contributed by atoms with E-state index in [1.807, 2.05) is 0 Å². The molecule has 0 saturated carbocycles. The van der Waals surface area contributed by atoms with Crippen molar-refractivity contribution in [1.29, 1.82) is 0 Å². The molecule has 0 aliphatic rings. The van der Waals surface area contributed by atoms with E-state index in [9.17, 15) is 8.42 Å². The summed E-state index contributed by atoms with van der Waals surface area (Å²) in [5.41, 5.74) is 7.05. The van der Waals surface area contributed by atoms with E-state index in [-0.39, 0.29) is 16.3 Å². The first-order chi connectivity index (χ1) is 12.0. The topological polar surface area (TPSA) is 116 Å². The second-order valence-corrected chi connectivity index (χ2v) is 6.77. The standard InChI is InChI=1S/C16H16N4O4S/c1-23-13-9-12-14(19-8-7-18-12)15(16(13)24-2)20-25(21,22)11-5-3-10(17)4-6-11/h3-9,20H,17H2,1-2H3. The number of methoxy groups -OCH3 is 2. The highest BCUT2D eigenvalue weighted by Crippen LogP contribution is 2.41. The summed E-state index contributed by atoms with van der Waals surface area (Å²) in [7, 11) is -1.01. The van der Waals surface area contributed by atoms with Gasteiger partial charge in [0.1, 0.15) is 11.2 Å². The highest BCUT2D eigenvalue weighted by atomic mass is 32.2. The van der Waals surface area contributed by atoms with Crippen LogP contribution >= 0.6 is 0 Å². The van der Waals surface area contributed by atoms with Crippen molar-refractivity contribution in [3.63, 3.8) is 0 Å². The molecule has 25 heavy (non-hydrogen) atoms. The molecule has 0 unspecified atom stereocenters. The van der Waals surface area contributed by atoms with Crippen LogP contribution in [0.5, 0.6) is 11.5 Å². The van der Waals surface area contributed by atoms with E-state index in [1.165, 1.54) is 50.9 Å². The Morgan fingerprint density at radius 2 is 1.72 bits per heavy atom. The van der Waals surface area contributed by atoms with Gasteiger partial charge >= 0.3 is 0 Å². The SMILES string of the molecule is COc1cc2nccnc2c(NS(=O)(=O)c2ccc(N)cc2)c1OC. The second-order valence-electron chi connectivity index (χ2n) is 5.09. The number of rotatable bonds is 5. The quantitative estimate of drug-likeness (QED) is 0.669. The van der Waals surface area contributed by atoms with Gasteiger partial charge in [-0.2, -0.15) is 0 Å². The summed E-state index contributed by atoms with van der Waals surface area (Å²) in [6.45, 7) is 0. The Labute approximate surface area is 144 Å². The van der Waals surface area contributed by atoms with E-state index in [0.29, 0.717) is 22.5 Å². The van der Waals surface area contributed by atoms with Gasteiger partial charge in [-0.15, -0.1) is 0 Å². The summed E-state index contributed by atoms with van der Waals surface area (Å²) in [6, 6.07) is 7.48. The first kappa shape index (κ1) is 16.8. The van der Waals surface area contributed by atoms with Crippen molar-refractivity contribution in [2.75, 3.05) is 24.7 Å². The monoisotopic (exact) mass is 360 g/mol. The molecule has 0 aliphatic carbocycles. The number of nitrogens with two attached hydrogens (primary N) is 1. The fraction of sp³-hybridized carbons (Fsp3) is 0.125. The number of anilines is 2. The van der Waals surface area contributed by atoms with Crippen molar-refractivity contribution in [2.45, 2.75) is 4.90 Å². The number of fused-ring (bicyclic) bond motifs is 1. The van der Waals surface area contributed by atoms with E-state index < -0.39 is 10.0 Å². The molecule has 130 valence electrons. The number of ether oxygens (including phenoxy) is 2. The minimum absolute atomic E-state index is 0.0589. The third kappa shape index (κ3) is 3.13. The summed E-state index contributed by atoms with van der Waals surface area (Å²) in [5.74, 6) is 0.556. The molecule has 0 bridgehead atoms. The van der Waals surface area contributed by atoms with Gasteiger partial charge in [-0.25, -0.2) is 8.42 Å².